The van der Waals surface area contributed by atoms with Crippen molar-refractivity contribution in [2.45, 2.75) is 25.6 Å². The lowest BCUT2D eigenvalue weighted by Gasteiger charge is -2.26. The van der Waals surface area contributed by atoms with Gasteiger partial charge in [0.15, 0.2) is 17.1 Å². The standard InChI is InChI=1S/C14H17F3O3/c1-4-5-10-6-7-11(12(8-10)19-3)20-9-13(2,18)14(15,16)17/h4-8,18H,9H2,1-3H3/b5-4+. The smallest absolute Gasteiger partial charge is 0.420 e. The topological polar surface area (TPSA) is 38.7 Å². The summed E-state index contributed by atoms with van der Waals surface area (Å²) in [7, 11) is 1.39. The van der Waals surface area contributed by atoms with E-state index in [1.165, 1.54) is 13.2 Å². The summed E-state index contributed by atoms with van der Waals surface area (Å²) < 4.78 is 47.6. The van der Waals surface area contributed by atoms with Crippen molar-refractivity contribution >= 4 is 6.08 Å². The molecule has 112 valence electrons. The zero-order valence-corrected chi connectivity index (χ0v) is 11.5. The molecular formula is C14H17F3O3. The van der Waals surface area contributed by atoms with Gasteiger partial charge in [-0.15, -0.1) is 0 Å². The van der Waals surface area contributed by atoms with Gasteiger partial charge in [-0.3, -0.25) is 0 Å². The largest absolute Gasteiger partial charge is 0.493 e. The Labute approximate surface area is 115 Å². The van der Waals surface area contributed by atoms with E-state index in [2.05, 4.69) is 0 Å². The fraction of sp³-hybridized carbons (Fsp3) is 0.429. The molecule has 0 amide bonds. The highest BCUT2D eigenvalue weighted by Crippen LogP contribution is 2.33. The van der Waals surface area contributed by atoms with E-state index < -0.39 is 18.4 Å². The Morgan fingerprint density at radius 2 is 1.90 bits per heavy atom. The van der Waals surface area contributed by atoms with Gasteiger partial charge < -0.3 is 14.6 Å². The van der Waals surface area contributed by atoms with Crippen LogP contribution in [0.25, 0.3) is 6.08 Å². The molecule has 0 aromatic heterocycles. The van der Waals surface area contributed by atoms with E-state index in [-0.39, 0.29) is 5.75 Å². The summed E-state index contributed by atoms with van der Waals surface area (Å²) in [4.78, 5) is 0. The fourth-order valence-electron chi connectivity index (χ4n) is 1.40. The number of methoxy groups -OCH3 is 1. The van der Waals surface area contributed by atoms with Gasteiger partial charge in [0.25, 0.3) is 0 Å². The molecule has 0 radical (unpaired) electrons. The molecule has 0 aliphatic carbocycles. The SMILES string of the molecule is C/C=C/c1ccc(OCC(C)(O)C(F)(F)F)c(OC)c1. The Morgan fingerprint density at radius 3 is 2.40 bits per heavy atom. The number of halogens is 3. The quantitative estimate of drug-likeness (QED) is 0.903. The predicted octanol–water partition coefficient (Wildman–Crippen LogP) is 3.42. The number of rotatable bonds is 5. The first-order valence-corrected chi connectivity index (χ1v) is 5.94. The molecule has 0 saturated heterocycles. The maximum atomic E-state index is 12.5. The van der Waals surface area contributed by atoms with Crippen molar-refractivity contribution in [3.63, 3.8) is 0 Å². The number of allylic oxidation sites excluding steroid dienone is 1. The number of benzene rings is 1. The zero-order chi connectivity index (χ0) is 15.4. The second-order valence-corrected chi connectivity index (χ2v) is 4.47. The lowest BCUT2D eigenvalue weighted by molar-refractivity contribution is -0.260. The number of hydrogen-bond acceptors (Lipinski definition) is 3. The fourth-order valence-corrected chi connectivity index (χ4v) is 1.40. The third kappa shape index (κ3) is 3.90. The molecule has 1 N–H and O–H groups in total. The molecule has 1 aromatic carbocycles. The summed E-state index contributed by atoms with van der Waals surface area (Å²) in [5, 5.41) is 9.31. The average Bonchev–Trinajstić information content (AvgIpc) is 2.36. The molecule has 6 heteroatoms. The Bertz CT molecular complexity index is 479. The molecule has 0 fully saturated rings. The van der Waals surface area contributed by atoms with Crippen LogP contribution in [0.1, 0.15) is 19.4 Å². The molecule has 20 heavy (non-hydrogen) atoms. The van der Waals surface area contributed by atoms with Crippen LogP contribution < -0.4 is 9.47 Å². The van der Waals surface area contributed by atoms with Crippen LogP contribution in [0.5, 0.6) is 11.5 Å². The van der Waals surface area contributed by atoms with E-state index in [0.717, 1.165) is 5.56 Å². The molecule has 0 aliphatic heterocycles. The lowest BCUT2D eigenvalue weighted by atomic mass is 10.1. The van der Waals surface area contributed by atoms with Gasteiger partial charge in [-0.1, -0.05) is 18.2 Å². The second kappa shape index (κ2) is 6.17. The summed E-state index contributed by atoms with van der Waals surface area (Å²) in [5.74, 6) is 0.448. The molecule has 1 atom stereocenters. The van der Waals surface area contributed by atoms with Gasteiger partial charge in [0, 0.05) is 0 Å². The Hall–Kier alpha value is -1.69. The first kappa shape index (κ1) is 16.4. The van der Waals surface area contributed by atoms with Crippen molar-refractivity contribution in [3.05, 3.63) is 29.8 Å². The summed E-state index contributed by atoms with van der Waals surface area (Å²) >= 11 is 0. The zero-order valence-electron chi connectivity index (χ0n) is 11.5. The lowest BCUT2D eigenvalue weighted by Crippen LogP contribution is -2.47. The van der Waals surface area contributed by atoms with Crippen LogP contribution in [0.3, 0.4) is 0 Å². The molecule has 0 aliphatic rings. The normalized spacial score (nSPS) is 15.2. The molecule has 3 nitrogen and oxygen atoms in total. The molecule has 1 unspecified atom stereocenters. The van der Waals surface area contributed by atoms with Crippen molar-refractivity contribution in [1.29, 1.82) is 0 Å². The monoisotopic (exact) mass is 290 g/mol. The van der Waals surface area contributed by atoms with Crippen LogP contribution in [-0.4, -0.2) is 30.6 Å². The summed E-state index contributed by atoms with van der Waals surface area (Å²) in [6.07, 6.45) is -1.12. The number of ether oxygens (including phenoxy) is 2. The van der Waals surface area contributed by atoms with E-state index in [1.54, 1.807) is 12.1 Å². The van der Waals surface area contributed by atoms with Crippen LogP contribution in [0, 0.1) is 0 Å². The van der Waals surface area contributed by atoms with E-state index in [9.17, 15) is 18.3 Å². The second-order valence-electron chi connectivity index (χ2n) is 4.47. The van der Waals surface area contributed by atoms with Crippen molar-refractivity contribution in [2.75, 3.05) is 13.7 Å². The van der Waals surface area contributed by atoms with Gasteiger partial charge >= 0.3 is 6.18 Å². The average molecular weight is 290 g/mol. The highest BCUT2D eigenvalue weighted by molar-refractivity contribution is 5.55. The van der Waals surface area contributed by atoms with Gasteiger partial charge in [-0.2, -0.15) is 13.2 Å². The maximum absolute atomic E-state index is 12.5. The van der Waals surface area contributed by atoms with Gasteiger partial charge in [-0.05, 0) is 31.5 Å². The third-order valence-corrected chi connectivity index (χ3v) is 2.67. The minimum absolute atomic E-state index is 0.144. The van der Waals surface area contributed by atoms with E-state index in [4.69, 9.17) is 9.47 Å². The first-order valence-electron chi connectivity index (χ1n) is 5.94. The van der Waals surface area contributed by atoms with Crippen LogP contribution in [0.4, 0.5) is 13.2 Å². The summed E-state index contributed by atoms with van der Waals surface area (Å²) in [6.45, 7) is 1.60. The predicted molar refractivity (Wildman–Crippen MR) is 69.9 cm³/mol. The van der Waals surface area contributed by atoms with Crippen LogP contribution >= 0.6 is 0 Å². The van der Waals surface area contributed by atoms with Crippen molar-refractivity contribution < 1.29 is 27.8 Å². The highest BCUT2D eigenvalue weighted by atomic mass is 19.4. The van der Waals surface area contributed by atoms with E-state index >= 15 is 0 Å². The molecule has 1 aromatic rings. The van der Waals surface area contributed by atoms with E-state index in [1.807, 2.05) is 19.1 Å². The number of hydrogen-bond donors (Lipinski definition) is 1. The van der Waals surface area contributed by atoms with E-state index in [0.29, 0.717) is 12.7 Å². The van der Waals surface area contributed by atoms with Crippen LogP contribution in [0.2, 0.25) is 0 Å². The van der Waals surface area contributed by atoms with Gasteiger partial charge in [-0.25, -0.2) is 0 Å². The Balaban J connectivity index is 2.88. The summed E-state index contributed by atoms with van der Waals surface area (Å²) in [5.41, 5.74) is -2.08. The van der Waals surface area contributed by atoms with Crippen molar-refractivity contribution in [2.24, 2.45) is 0 Å². The maximum Gasteiger partial charge on any atom is 0.420 e. The minimum atomic E-state index is -4.76. The number of aliphatic hydroxyl groups is 1. The molecular weight excluding hydrogens is 273 g/mol. The minimum Gasteiger partial charge on any atom is -0.493 e. The third-order valence-electron chi connectivity index (χ3n) is 2.67. The van der Waals surface area contributed by atoms with Crippen LogP contribution in [0.15, 0.2) is 24.3 Å². The molecule has 1 rings (SSSR count). The summed E-state index contributed by atoms with van der Waals surface area (Å²) in [6, 6.07) is 4.82. The molecule has 0 saturated carbocycles. The highest BCUT2D eigenvalue weighted by Gasteiger charge is 2.50. The van der Waals surface area contributed by atoms with Gasteiger partial charge in [0.2, 0.25) is 0 Å². The molecule has 0 heterocycles. The Kier molecular flexibility index (Phi) is 5.05. The van der Waals surface area contributed by atoms with Gasteiger partial charge in [0.05, 0.1) is 7.11 Å². The van der Waals surface area contributed by atoms with Crippen LogP contribution in [-0.2, 0) is 0 Å². The van der Waals surface area contributed by atoms with Crippen molar-refractivity contribution in [1.82, 2.24) is 0 Å². The molecule has 0 bridgehead atoms. The number of alkyl halides is 3. The van der Waals surface area contributed by atoms with Gasteiger partial charge in [0.1, 0.15) is 6.61 Å². The Morgan fingerprint density at radius 1 is 1.25 bits per heavy atom. The first-order chi connectivity index (χ1) is 9.21. The van der Waals surface area contributed by atoms with Crippen molar-refractivity contribution in [3.8, 4) is 11.5 Å². The molecule has 0 spiro atoms.